The van der Waals surface area contributed by atoms with E-state index < -0.39 is 41.5 Å². The van der Waals surface area contributed by atoms with Crippen LogP contribution in [0.1, 0.15) is 22.8 Å². The van der Waals surface area contributed by atoms with Crippen LogP contribution in [0, 0.1) is 0 Å². The highest BCUT2D eigenvalue weighted by atomic mass is 32.2. The SMILES string of the molecule is O=C(Cc1ccccc1)NC1C(=O)N2C1SCC(O)C2C(=O)OC(c1ccccc1)c1ccccc1. The highest BCUT2D eigenvalue weighted by Crippen LogP contribution is 2.39. The summed E-state index contributed by atoms with van der Waals surface area (Å²) < 4.78 is 5.94. The van der Waals surface area contributed by atoms with E-state index in [0.29, 0.717) is 0 Å². The van der Waals surface area contributed by atoms with Crippen molar-refractivity contribution in [3.8, 4) is 0 Å². The van der Waals surface area contributed by atoms with E-state index in [1.165, 1.54) is 16.7 Å². The third kappa shape index (κ3) is 4.87. The van der Waals surface area contributed by atoms with Gasteiger partial charge in [-0.2, -0.15) is 0 Å². The van der Waals surface area contributed by atoms with Gasteiger partial charge in [-0.25, -0.2) is 4.79 Å². The number of fused-ring (bicyclic) bond motifs is 1. The second-order valence-electron chi connectivity index (χ2n) is 8.83. The number of hydrogen-bond acceptors (Lipinski definition) is 6. The molecule has 3 aromatic rings. The molecule has 7 nitrogen and oxygen atoms in total. The van der Waals surface area contributed by atoms with Gasteiger partial charge in [-0.05, 0) is 16.7 Å². The summed E-state index contributed by atoms with van der Waals surface area (Å²) in [5.41, 5.74) is 2.42. The van der Waals surface area contributed by atoms with Crippen LogP contribution in [0.3, 0.4) is 0 Å². The summed E-state index contributed by atoms with van der Waals surface area (Å²) in [6.45, 7) is 0. The fourth-order valence-corrected chi connectivity index (χ4v) is 5.96. The van der Waals surface area contributed by atoms with E-state index in [4.69, 9.17) is 4.74 Å². The highest BCUT2D eigenvalue weighted by Gasteiger charge is 2.58. The van der Waals surface area contributed by atoms with Crippen LogP contribution >= 0.6 is 11.8 Å². The Morgan fingerprint density at radius 3 is 2.08 bits per heavy atom. The zero-order valence-electron chi connectivity index (χ0n) is 19.4. The van der Waals surface area contributed by atoms with Crippen LogP contribution < -0.4 is 5.32 Å². The summed E-state index contributed by atoms with van der Waals surface area (Å²) in [5.74, 6) is -1.09. The van der Waals surface area contributed by atoms with Gasteiger partial charge in [0.1, 0.15) is 11.4 Å². The molecule has 3 aromatic carbocycles. The minimum Gasteiger partial charge on any atom is -0.451 e. The number of amides is 2. The van der Waals surface area contributed by atoms with Crippen LogP contribution in [0.25, 0.3) is 0 Å². The number of thioether (sulfide) groups is 1. The number of nitrogens with zero attached hydrogens (tertiary/aromatic N) is 1. The number of aliphatic hydroxyl groups excluding tert-OH is 1. The molecule has 0 aliphatic carbocycles. The minimum absolute atomic E-state index is 0.159. The highest BCUT2D eigenvalue weighted by molar-refractivity contribution is 8.00. The van der Waals surface area contributed by atoms with E-state index >= 15 is 0 Å². The first kappa shape index (κ1) is 24.1. The number of β-lactam (4-membered cyclic amide) rings is 1. The number of esters is 1. The Morgan fingerprint density at radius 2 is 1.50 bits per heavy atom. The molecule has 0 aromatic heterocycles. The van der Waals surface area contributed by atoms with Crippen molar-refractivity contribution >= 4 is 29.5 Å². The van der Waals surface area contributed by atoms with Gasteiger partial charge in [0.25, 0.3) is 0 Å². The van der Waals surface area contributed by atoms with Crippen molar-refractivity contribution in [2.75, 3.05) is 5.75 Å². The van der Waals surface area contributed by atoms with Gasteiger partial charge in [-0.3, -0.25) is 9.59 Å². The van der Waals surface area contributed by atoms with Crippen LogP contribution in [0.15, 0.2) is 91.0 Å². The number of benzene rings is 3. The average molecular weight is 503 g/mol. The Balaban J connectivity index is 1.30. The fraction of sp³-hybridized carbons (Fsp3) is 0.250. The van der Waals surface area contributed by atoms with Crippen molar-refractivity contribution in [1.29, 1.82) is 0 Å². The first-order valence-corrected chi connectivity index (χ1v) is 12.8. The van der Waals surface area contributed by atoms with E-state index in [1.807, 2.05) is 91.0 Å². The second kappa shape index (κ2) is 10.6. The molecule has 4 unspecified atom stereocenters. The molecule has 2 saturated heterocycles. The Morgan fingerprint density at radius 1 is 0.944 bits per heavy atom. The van der Waals surface area contributed by atoms with Gasteiger partial charge in [0.15, 0.2) is 12.1 Å². The second-order valence-corrected chi connectivity index (χ2v) is 9.98. The largest absolute Gasteiger partial charge is 0.451 e. The van der Waals surface area contributed by atoms with E-state index in [2.05, 4.69) is 5.32 Å². The summed E-state index contributed by atoms with van der Waals surface area (Å²) in [7, 11) is 0. The predicted octanol–water partition coefficient (Wildman–Crippen LogP) is 2.69. The van der Waals surface area contributed by atoms with Crippen LogP contribution in [-0.2, 0) is 25.5 Å². The zero-order chi connectivity index (χ0) is 25.1. The quantitative estimate of drug-likeness (QED) is 0.381. The molecule has 2 aliphatic heterocycles. The lowest BCUT2D eigenvalue weighted by molar-refractivity contribution is -0.173. The number of rotatable bonds is 7. The molecular weight excluding hydrogens is 476 g/mol. The monoisotopic (exact) mass is 502 g/mol. The fourth-order valence-electron chi connectivity index (χ4n) is 4.61. The van der Waals surface area contributed by atoms with E-state index in [1.54, 1.807) is 0 Å². The van der Waals surface area contributed by atoms with E-state index in [0.717, 1.165) is 16.7 Å². The van der Waals surface area contributed by atoms with Gasteiger partial charge in [0.2, 0.25) is 11.8 Å². The molecule has 0 saturated carbocycles. The lowest BCUT2D eigenvalue weighted by Crippen LogP contribution is -2.76. The van der Waals surface area contributed by atoms with E-state index in [-0.39, 0.29) is 18.1 Å². The number of hydrogen-bond donors (Lipinski definition) is 2. The summed E-state index contributed by atoms with van der Waals surface area (Å²) in [6, 6.07) is 26.1. The number of aliphatic hydroxyl groups is 1. The number of nitrogens with one attached hydrogen (secondary N) is 1. The zero-order valence-corrected chi connectivity index (χ0v) is 20.2. The van der Waals surface area contributed by atoms with Crippen LogP contribution in [0.5, 0.6) is 0 Å². The number of ether oxygens (including phenoxy) is 1. The van der Waals surface area contributed by atoms with Crippen molar-refractivity contribution in [3.05, 3.63) is 108 Å². The van der Waals surface area contributed by atoms with Crippen molar-refractivity contribution in [2.45, 2.75) is 36.1 Å². The summed E-state index contributed by atoms with van der Waals surface area (Å²) >= 11 is 1.35. The average Bonchev–Trinajstić information content (AvgIpc) is 2.91. The molecule has 2 N–H and O–H groups in total. The summed E-state index contributed by atoms with van der Waals surface area (Å²) in [6.07, 6.45) is -1.60. The summed E-state index contributed by atoms with van der Waals surface area (Å²) in [4.78, 5) is 40.3. The predicted molar refractivity (Wildman–Crippen MR) is 136 cm³/mol. The number of carbonyl (C=O) groups excluding carboxylic acids is 3. The molecule has 5 rings (SSSR count). The maximum Gasteiger partial charge on any atom is 0.332 e. The first-order valence-electron chi connectivity index (χ1n) is 11.8. The lowest BCUT2D eigenvalue weighted by Gasteiger charge is -2.53. The topological polar surface area (TPSA) is 95.9 Å². The van der Waals surface area contributed by atoms with Crippen molar-refractivity contribution in [1.82, 2.24) is 10.2 Å². The van der Waals surface area contributed by atoms with Crippen LogP contribution in [0.2, 0.25) is 0 Å². The molecule has 4 atom stereocenters. The first-order chi connectivity index (χ1) is 17.5. The third-order valence-electron chi connectivity index (χ3n) is 6.39. The molecular formula is C28H26N2O5S. The Kier molecular flexibility index (Phi) is 7.06. The van der Waals surface area contributed by atoms with Gasteiger partial charge in [-0.1, -0.05) is 91.0 Å². The number of carbonyl (C=O) groups is 3. The minimum atomic E-state index is -1.14. The smallest absolute Gasteiger partial charge is 0.332 e. The van der Waals surface area contributed by atoms with Gasteiger partial charge >= 0.3 is 5.97 Å². The van der Waals surface area contributed by atoms with Crippen molar-refractivity contribution < 1.29 is 24.2 Å². The maximum atomic E-state index is 13.4. The molecule has 0 radical (unpaired) electrons. The Bertz CT molecular complexity index is 1180. The van der Waals surface area contributed by atoms with Gasteiger partial charge in [0, 0.05) is 5.75 Å². The molecule has 0 bridgehead atoms. The molecule has 36 heavy (non-hydrogen) atoms. The van der Waals surface area contributed by atoms with E-state index in [9.17, 15) is 19.5 Å². The summed E-state index contributed by atoms with van der Waals surface area (Å²) in [5, 5.41) is 13.0. The third-order valence-corrected chi connectivity index (χ3v) is 7.76. The lowest BCUT2D eigenvalue weighted by atomic mass is 9.98. The van der Waals surface area contributed by atoms with Crippen molar-refractivity contribution in [2.24, 2.45) is 0 Å². The normalized spacial score (nSPS) is 22.9. The molecule has 2 heterocycles. The molecule has 8 heteroatoms. The van der Waals surface area contributed by atoms with Crippen molar-refractivity contribution in [3.63, 3.8) is 0 Å². The molecule has 184 valence electrons. The molecule has 2 amide bonds. The molecule has 0 spiro atoms. The molecule has 2 aliphatic rings. The van der Waals surface area contributed by atoms with Gasteiger partial charge in [-0.15, -0.1) is 11.8 Å². The van der Waals surface area contributed by atoms with Gasteiger partial charge < -0.3 is 20.1 Å². The standard InChI is InChI=1S/C28H26N2O5S/c31-21-17-36-27-23(29-22(32)16-18-10-4-1-5-11-18)26(33)30(27)24(21)28(34)35-25(19-12-6-2-7-13-19)20-14-8-3-9-15-20/h1-15,21,23-25,27,31H,16-17H2,(H,29,32). The van der Waals surface area contributed by atoms with Gasteiger partial charge in [0.05, 0.1) is 12.5 Å². The maximum absolute atomic E-state index is 13.4. The molecule has 2 fully saturated rings. The van der Waals surface area contributed by atoms with Crippen LogP contribution in [-0.4, -0.2) is 57.1 Å². The Labute approximate surface area is 213 Å². The Hall–Kier alpha value is -3.62. The van der Waals surface area contributed by atoms with Crippen LogP contribution in [0.4, 0.5) is 0 Å².